The molecule has 2 nitrogen and oxygen atoms in total. The number of hydrogen-bond acceptors (Lipinski definition) is 2. The summed E-state index contributed by atoms with van der Waals surface area (Å²) in [5, 5.41) is 9.76. The summed E-state index contributed by atoms with van der Waals surface area (Å²) in [6.45, 7) is 0. The largest absolute Gasteiger partial charge is 0.508 e. The molecule has 0 saturated heterocycles. The molecule has 0 amide bonds. The molecule has 1 aromatic rings. The first kappa shape index (κ1) is 9.81. The summed E-state index contributed by atoms with van der Waals surface area (Å²) in [6.07, 6.45) is 3.59. The second-order valence-electron chi connectivity index (χ2n) is 3.99. The highest BCUT2D eigenvalue weighted by atomic mass is 35.5. The summed E-state index contributed by atoms with van der Waals surface area (Å²) in [7, 11) is 0. The van der Waals surface area contributed by atoms with Crippen LogP contribution in [0, 0.1) is 5.92 Å². The summed E-state index contributed by atoms with van der Waals surface area (Å²) in [5.41, 5.74) is 6.96. The molecule has 1 aliphatic carbocycles. The highest BCUT2D eigenvalue weighted by Gasteiger charge is 2.25. The zero-order valence-corrected chi connectivity index (χ0v) is 8.67. The Kier molecular flexibility index (Phi) is 2.66. The molecule has 1 fully saturated rings. The van der Waals surface area contributed by atoms with Crippen LogP contribution >= 0.6 is 11.6 Å². The van der Waals surface area contributed by atoms with Gasteiger partial charge in [0.1, 0.15) is 5.75 Å². The highest BCUT2D eigenvalue weighted by Crippen LogP contribution is 2.38. The molecule has 1 aliphatic rings. The quantitative estimate of drug-likeness (QED) is 0.808. The van der Waals surface area contributed by atoms with Crippen molar-refractivity contribution in [1.29, 1.82) is 0 Å². The monoisotopic (exact) mass is 211 g/mol. The van der Waals surface area contributed by atoms with Gasteiger partial charge in [0.05, 0.1) is 0 Å². The average Bonchev–Trinajstić information content (AvgIpc) is 2.87. The maximum atomic E-state index is 9.19. The Bertz CT molecular complexity index is 336. The molecular formula is C11H14ClNO. The lowest BCUT2D eigenvalue weighted by Crippen LogP contribution is -2.11. The van der Waals surface area contributed by atoms with Crippen LogP contribution in [0.4, 0.5) is 0 Å². The minimum absolute atomic E-state index is 0.00981. The van der Waals surface area contributed by atoms with Gasteiger partial charge in [-0.1, -0.05) is 30.5 Å². The van der Waals surface area contributed by atoms with Gasteiger partial charge < -0.3 is 10.8 Å². The van der Waals surface area contributed by atoms with E-state index in [1.807, 2.05) is 6.07 Å². The van der Waals surface area contributed by atoms with Crippen LogP contribution in [0.3, 0.4) is 0 Å². The smallest absolute Gasteiger partial charge is 0.117 e. The number of rotatable bonds is 3. The predicted octanol–water partition coefficient (Wildman–Crippen LogP) is 2.85. The normalized spacial score (nSPS) is 18.1. The van der Waals surface area contributed by atoms with E-state index in [2.05, 4.69) is 0 Å². The first-order chi connectivity index (χ1) is 6.66. The van der Waals surface area contributed by atoms with Crippen molar-refractivity contribution in [2.75, 3.05) is 0 Å². The third-order valence-electron chi connectivity index (χ3n) is 2.67. The van der Waals surface area contributed by atoms with Gasteiger partial charge in [-0.15, -0.1) is 0 Å². The summed E-state index contributed by atoms with van der Waals surface area (Å²) >= 11 is 5.99. The van der Waals surface area contributed by atoms with Gasteiger partial charge in [-0.3, -0.25) is 0 Å². The van der Waals surface area contributed by atoms with Gasteiger partial charge in [-0.05, 0) is 30.0 Å². The Balaban J connectivity index is 2.13. The fourth-order valence-electron chi connectivity index (χ4n) is 1.66. The summed E-state index contributed by atoms with van der Waals surface area (Å²) in [5.74, 6) is 0.979. The molecule has 0 aliphatic heterocycles. The number of nitrogens with two attached hydrogens (primary N) is 1. The minimum Gasteiger partial charge on any atom is -0.508 e. The molecule has 1 aromatic carbocycles. The minimum atomic E-state index is 0.00981. The topological polar surface area (TPSA) is 46.2 Å². The van der Waals surface area contributed by atoms with Crippen molar-refractivity contribution in [1.82, 2.24) is 0 Å². The lowest BCUT2D eigenvalue weighted by Gasteiger charge is -2.13. The fourth-order valence-corrected chi connectivity index (χ4v) is 1.97. The van der Waals surface area contributed by atoms with Crippen molar-refractivity contribution in [3.8, 4) is 5.75 Å². The lowest BCUT2D eigenvalue weighted by molar-refractivity contribution is 0.474. The van der Waals surface area contributed by atoms with Gasteiger partial charge >= 0.3 is 0 Å². The maximum Gasteiger partial charge on any atom is 0.117 e. The van der Waals surface area contributed by atoms with Crippen LogP contribution in [0.2, 0.25) is 5.02 Å². The number of phenols is 1. The number of benzene rings is 1. The van der Waals surface area contributed by atoms with Crippen molar-refractivity contribution in [3.63, 3.8) is 0 Å². The average molecular weight is 212 g/mol. The van der Waals surface area contributed by atoms with Gasteiger partial charge in [0.15, 0.2) is 0 Å². The molecule has 0 unspecified atom stereocenters. The third kappa shape index (κ3) is 2.20. The van der Waals surface area contributed by atoms with E-state index in [4.69, 9.17) is 17.3 Å². The maximum absolute atomic E-state index is 9.19. The SMILES string of the molecule is N[C@H](CC1CC1)c1ccc(O)cc1Cl. The van der Waals surface area contributed by atoms with E-state index in [1.165, 1.54) is 12.8 Å². The molecule has 1 saturated carbocycles. The van der Waals surface area contributed by atoms with Crippen molar-refractivity contribution in [2.45, 2.75) is 25.3 Å². The number of phenolic OH excluding ortho intramolecular Hbond substituents is 1. The van der Waals surface area contributed by atoms with Crippen LogP contribution in [0.25, 0.3) is 0 Å². The third-order valence-corrected chi connectivity index (χ3v) is 3.00. The van der Waals surface area contributed by atoms with Crippen molar-refractivity contribution in [2.24, 2.45) is 11.7 Å². The summed E-state index contributed by atoms with van der Waals surface area (Å²) in [6, 6.07) is 5.00. The molecule has 0 aromatic heterocycles. The fraction of sp³-hybridized carbons (Fsp3) is 0.455. The van der Waals surface area contributed by atoms with E-state index in [-0.39, 0.29) is 11.8 Å². The lowest BCUT2D eigenvalue weighted by atomic mass is 10.0. The van der Waals surface area contributed by atoms with Crippen LogP contribution in [0.15, 0.2) is 18.2 Å². The van der Waals surface area contributed by atoms with Gasteiger partial charge in [-0.2, -0.15) is 0 Å². The van der Waals surface area contributed by atoms with Crippen LogP contribution in [-0.2, 0) is 0 Å². The standard InChI is InChI=1S/C11H14ClNO/c12-10-6-8(14)3-4-9(10)11(13)5-7-1-2-7/h3-4,6-7,11,14H,1-2,5,13H2/t11-/m1/s1. The predicted molar refractivity (Wildman–Crippen MR) is 57.4 cm³/mol. The van der Waals surface area contributed by atoms with Gasteiger partial charge in [-0.25, -0.2) is 0 Å². The molecule has 2 rings (SSSR count). The Morgan fingerprint density at radius 2 is 2.21 bits per heavy atom. The molecule has 3 N–H and O–H groups in total. The Labute approximate surface area is 88.7 Å². The van der Waals surface area contributed by atoms with E-state index < -0.39 is 0 Å². The Hall–Kier alpha value is -0.730. The van der Waals surface area contributed by atoms with Crippen LogP contribution < -0.4 is 5.73 Å². The van der Waals surface area contributed by atoms with E-state index >= 15 is 0 Å². The first-order valence-electron chi connectivity index (χ1n) is 4.91. The van der Waals surface area contributed by atoms with Gasteiger partial charge in [0.2, 0.25) is 0 Å². The second-order valence-corrected chi connectivity index (χ2v) is 4.40. The first-order valence-corrected chi connectivity index (χ1v) is 5.28. The van der Waals surface area contributed by atoms with Gasteiger partial charge in [0, 0.05) is 11.1 Å². The van der Waals surface area contributed by atoms with E-state index in [0.717, 1.165) is 17.9 Å². The number of aromatic hydroxyl groups is 1. The zero-order valence-electron chi connectivity index (χ0n) is 7.91. The van der Waals surface area contributed by atoms with E-state index in [1.54, 1.807) is 12.1 Å². The Morgan fingerprint density at radius 1 is 1.50 bits per heavy atom. The molecule has 0 heterocycles. The van der Waals surface area contributed by atoms with Crippen molar-refractivity contribution >= 4 is 11.6 Å². The number of halogens is 1. The molecule has 3 heteroatoms. The van der Waals surface area contributed by atoms with Crippen LogP contribution in [-0.4, -0.2) is 5.11 Å². The second kappa shape index (κ2) is 3.79. The molecule has 1 atom stereocenters. The molecule has 76 valence electrons. The molecule has 0 spiro atoms. The van der Waals surface area contributed by atoms with E-state index in [9.17, 15) is 5.11 Å². The summed E-state index contributed by atoms with van der Waals surface area (Å²) < 4.78 is 0. The molecule has 14 heavy (non-hydrogen) atoms. The van der Waals surface area contributed by atoms with Crippen LogP contribution in [0.1, 0.15) is 30.9 Å². The molecule has 0 bridgehead atoms. The van der Waals surface area contributed by atoms with Crippen molar-refractivity contribution < 1.29 is 5.11 Å². The van der Waals surface area contributed by atoms with Crippen molar-refractivity contribution in [3.05, 3.63) is 28.8 Å². The molecule has 0 radical (unpaired) electrons. The van der Waals surface area contributed by atoms with E-state index in [0.29, 0.717) is 5.02 Å². The number of hydrogen-bond donors (Lipinski definition) is 2. The Morgan fingerprint density at radius 3 is 2.79 bits per heavy atom. The highest BCUT2D eigenvalue weighted by molar-refractivity contribution is 6.31. The van der Waals surface area contributed by atoms with Gasteiger partial charge in [0.25, 0.3) is 0 Å². The summed E-state index contributed by atoms with van der Waals surface area (Å²) in [4.78, 5) is 0. The molecular weight excluding hydrogens is 198 g/mol. The zero-order chi connectivity index (χ0) is 10.1. The van der Waals surface area contributed by atoms with Crippen LogP contribution in [0.5, 0.6) is 5.75 Å².